The molecule has 1 unspecified atom stereocenters. The number of nitrogens with zero attached hydrogens (tertiary/aromatic N) is 1. The van der Waals surface area contributed by atoms with Crippen molar-refractivity contribution >= 4 is 17.5 Å². The van der Waals surface area contributed by atoms with E-state index in [0.717, 1.165) is 24.1 Å². The Morgan fingerprint density at radius 1 is 1.32 bits per heavy atom. The molecule has 1 aliphatic heterocycles. The molecule has 1 aromatic rings. The van der Waals surface area contributed by atoms with E-state index in [1.807, 2.05) is 26.0 Å². The average molecular weight is 302 g/mol. The second-order valence-corrected chi connectivity index (χ2v) is 6.22. The molecule has 0 saturated carbocycles. The van der Waals surface area contributed by atoms with E-state index in [2.05, 4.69) is 25.2 Å². The van der Waals surface area contributed by atoms with E-state index in [9.17, 15) is 9.59 Å². The highest BCUT2D eigenvalue weighted by molar-refractivity contribution is 6.00. The summed E-state index contributed by atoms with van der Waals surface area (Å²) in [4.78, 5) is 26.4. The lowest BCUT2D eigenvalue weighted by atomic mass is 10.1. The zero-order valence-corrected chi connectivity index (χ0v) is 14.0. The number of amides is 2. The van der Waals surface area contributed by atoms with E-state index in [-0.39, 0.29) is 23.8 Å². The predicted molar refractivity (Wildman–Crippen MR) is 88.9 cm³/mol. The first-order chi connectivity index (χ1) is 10.5. The summed E-state index contributed by atoms with van der Waals surface area (Å²) in [5.41, 5.74) is 3.18. The number of hydrogen-bond donors (Lipinski definition) is 1. The maximum absolute atomic E-state index is 12.3. The number of benzene rings is 1. The highest BCUT2D eigenvalue weighted by atomic mass is 16.2. The van der Waals surface area contributed by atoms with E-state index in [0.29, 0.717) is 13.0 Å². The Hall–Kier alpha value is -1.84. The van der Waals surface area contributed by atoms with Gasteiger partial charge in [0.25, 0.3) is 0 Å². The molecule has 0 aliphatic carbocycles. The number of carbonyl (C=O) groups excluding carboxylic acids is 2. The molecule has 1 saturated heterocycles. The second-order valence-electron chi connectivity index (χ2n) is 6.22. The van der Waals surface area contributed by atoms with Crippen molar-refractivity contribution in [1.29, 1.82) is 0 Å². The molecule has 1 heterocycles. The number of hydrogen-bond acceptors (Lipinski definition) is 2. The van der Waals surface area contributed by atoms with Crippen molar-refractivity contribution in [1.82, 2.24) is 5.32 Å². The van der Waals surface area contributed by atoms with Gasteiger partial charge < -0.3 is 10.2 Å². The number of nitrogens with one attached hydrogen (secondary N) is 1. The smallest absolute Gasteiger partial charge is 0.227 e. The summed E-state index contributed by atoms with van der Waals surface area (Å²) >= 11 is 0. The Morgan fingerprint density at radius 2 is 2.00 bits per heavy atom. The monoisotopic (exact) mass is 302 g/mol. The molecule has 120 valence electrons. The first-order valence-electron chi connectivity index (χ1n) is 8.14. The van der Waals surface area contributed by atoms with Crippen molar-refractivity contribution in [3.05, 3.63) is 29.3 Å². The van der Waals surface area contributed by atoms with Crippen LogP contribution in [0.4, 0.5) is 5.69 Å². The van der Waals surface area contributed by atoms with Gasteiger partial charge in [-0.2, -0.15) is 0 Å². The Kier molecular flexibility index (Phi) is 5.22. The van der Waals surface area contributed by atoms with Gasteiger partial charge in [0.1, 0.15) is 0 Å². The van der Waals surface area contributed by atoms with Gasteiger partial charge in [-0.3, -0.25) is 9.59 Å². The molecular formula is C18H26N2O2. The SMILES string of the molecule is CCC(CC)NC(=O)C1CC(=O)N(c2ccc(C)cc2C)C1. The van der Waals surface area contributed by atoms with Crippen LogP contribution in [0, 0.1) is 19.8 Å². The fourth-order valence-electron chi connectivity index (χ4n) is 3.04. The van der Waals surface area contributed by atoms with Crippen molar-refractivity contribution < 1.29 is 9.59 Å². The second kappa shape index (κ2) is 6.95. The molecule has 0 aromatic heterocycles. The Labute approximate surface area is 132 Å². The topological polar surface area (TPSA) is 49.4 Å². The minimum Gasteiger partial charge on any atom is -0.353 e. The van der Waals surface area contributed by atoms with Crippen molar-refractivity contribution in [2.24, 2.45) is 5.92 Å². The van der Waals surface area contributed by atoms with Crippen LogP contribution < -0.4 is 10.2 Å². The fraction of sp³-hybridized carbons (Fsp3) is 0.556. The van der Waals surface area contributed by atoms with Gasteiger partial charge in [-0.25, -0.2) is 0 Å². The zero-order valence-electron chi connectivity index (χ0n) is 14.0. The Morgan fingerprint density at radius 3 is 2.59 bits per heavy atom. The summed E-state index contributed by atoms with van der Waals surface area (Å²) in [7, 11) is 0. The first kappa shape index (κ1) is 16.5. The summed E-state index contributed by atoms with van der Waals surface area (Å²) in [6.07, 6.45) is 2.15. The van der Waals surface area contributed by atoms with Gasteiger partial charge in [0.05, 0.1) is 5.92 Å². The molecule has 1 aliphatic rings. The molecule has 0 radical (unpaired) electrons. The van der Waals surface area contributed by atoms with Crippen LogP contribution in [0.15, 0.2) is 18.2 Å². The summed E-state index contributed by atoms with van der Waals surface area (Å²) in [5, 5.41) is 3.06. The molecule has 22 heavy (non-hydrogen) atoms. The van der Waals surface area contributed by atoms with Crippen LogP contribution in [0.3, 0.4) is 0 Å². The predicted octanol–water partition coefficient (Wildman–Crippen LogP) is 2.96. The Bertz CT molecular complexity index is 564. The van der Waals surface area contributed by atoms with Gasteiger partial charge >= 0.3 is 0 Å². The number of rotatable bonds is 5. The molecule has 0 bridgehead atoms. The quantitative estimate of drug-likeness (QED) is 0.909. The molecule has 1 aromatic carbocycles. The Balaban J connectivity index is 2.09. The fourth-order valence-corrected chi connectivity index (χ4v) is 3.04. The van der Waals surface area contributed by atoms with Crippen LogP contribution in [-0.2, 0) is 9.59 Å². The molecule has 1 atom stereocenters. The molecule has 1 N–H and O–H groups in total. The van der Waals surface area contributed by atoms with Crippen molar-refractivity contribution in [2.75, 3.05) is 11.4 Å². The lowest BCUT2D eigenvalue weighted by molar-refractivity contribution is -0.127. The number of aryl methyl sites for hydroxylation is 2. The molecule has 0 spiro atoms. The van der Waals surface area contributed by atoms with Crippen LogP contribution in [0.1, 0.15) is 44.2 Å². The van der Waals surface area contributed by atoms with Gasteiger partial charge in [-0.15, -0.1) is 0 Å². The molecule has 4 heteroatoms. The van der Waals surface area contributed by atoms with Crippen molar-refractivity contribution in [3.63, 3.8) is 0 Å². The third kappa shape index (κ3) is 3.49. The van der Waals surface area contributed by atoms with Crippen molar-refractivity contribution in [2.45, 2.75) is 53.0 Å². The van der Waals surface area contributed by atoms with Gasteiger partial charge in [0.15, 0.2) is 0 Å². The van der Waals surface area contributed by atoms with Gasteiger partial charge in [0.2, 0.25) is 11.8 Å². The van der Waals surface area contributed by atoms with Gasteiger partial charge in [-0.1, -0.05) is 31.5 Å². The summed E-state index contributed by atoms with van der Waals surface area (Å²) in [6, 6.07) is 6.26. The molecule has 2 amide bonds. The summed E-state index contributed by atoms with van der Waals surface area (Å²) in [5.74, 6) is -0.195. The molecule has 4 nitrogen and oxygen atoms in total. The van der Waals surface area contributed by atoms with Crippen LogP contribution in [0.25, 0.3) is 0 Å². The lowest BCUT2D eigenvalue weighted by Crippen LogP contribution is -2.39. The standard InChI is InChI=1S/C18H26N2O2/c1-5-15(6-2)19-18(22)14-10-17(21)20(11-14)16-8-7-12(3)9-13(16)4/h7-9,14-15H,5-6,10-11H2,1-4H3,(H,19,22). The summed E-state index contributed by atoms with van der Waals surface area (Å²) < 4.78 is 0. The van der Waals surface area contributed by atoms with E-state index in [4.69, 9.17) is 0 Å². The van der Waals surface area contributed by atoms with E-state index >= 15 is 0 Å². The molecule has 1 fully saturated rings. The molecular weight excluding hydrogens is 276 g/mol. The van der Waals surface area contributed by atoms with E-state index in [1.165, 1.54) is 5.56 Å². The highest BCUT2D eigenvalue weighted by Crippen LogP contribution is 2.28. The average Bonchev–Trinajstić information content (AvgIpc) is 2.86. The number of carbonyl (C=O) groups is 2. The minimum atomic E-state index is -0.242. The third-order valence-corrected chi connectivity index (χ3v) is 4.47. The summed E-state index contributed by atoms with van der Waals surface area (Å²) in [6.45, 7) is 8.66. The van der Waals surface area contributed by atoms with Crippen LogP contribution >= 0.6 is 0 Å². The number of anilines is 1. The van der Waals surface area contributed by atoms with Crippen molar-refractivity contribution in [3.8, 4) is 0 Å². The van der Waals surface area contributed by atoms with Crippen LogP contribution in [-0.4, -0.2) is 24.4 Å². The van der Waals surface area contributed by atoms with E-state index < -0.39 is 0 Å². The zero-order chi connectivity index (χ0) is 16.3. The van der Waals surface area contributed by atoms with Crippen LogP contribution in [0.2, 0.25) is 0 Å². The third-order valence-electron chi connectivity index (χ3n) is 4.47. The maximum atomic E-state index is 12.3. The first-order valence-corrected chi connectivity index (χ1v) is 8.14. The van der Waals surface area contributed by atoms with Gasteiger partial charge in [0, 0.05) is 24.7 Å². The minimum absolute atomic E-state index is 0.00862. The van der Waals surface area contributed by atoms with Crippen LogP contribution in [0.5, 0.6) is 0 Å². The van der Waals surface area contributed by atoms with Gasteiger partial charge in [-0.05, 0) is 38.3 Å². The lowest BCUT2D eigenvalue weighted by Gasteiger charge is -2.20. The largest absolute Gasteiger partial charge is 0.353 e. The maximum Gasteiger partial charge on any atom is 0.227 e. The molecule has 2 rings (SSSR count). The highest BCUT2D eigenvalue weighted by Gasteiger charge is 2.36. The van der Waals surface area contributed by atoms with E-state index in [1.54, 1.807) is 4.90 Å². The normalized spacial score (nSPS) is 18.1.